The summed E-state index contributed by atoms with van der Waals surface area (Å²) in [6.45, 7) is 3.81. The topological polar surface area (TPSA) is 21.3 Å². The second-order valence-corrected chi connectivity index (χ2v) is 6.16. The number of hydrogen-bond donors (Lipinski definition) is 1. The molecule has 0 radical (unpaired) electrons. The minimum absolute atomic E-state index is 0.211. The summed E-state index contributed by atoms with van der Waals surface area (Å²) in [6.07, 6.45) is 0. The predicted octanol–water partition coefficient (Wildman–Crippen LogP) is 5.73. The van der Waals surface area contributed by atoms with Crippen LogP contribution in [0.4, 0.5) is 10.1 Å². The van der Waals surface area contributed by atoms with E-state index in [-0.39, 0.29) is 11.9 Å². The number of benzene rings is 2. The van der Waals surface area contributed by atoms with Crippen molar-refractivity contribution in [1.82, 2.24) is 0 Å². The van der Waals surface area contributed by atoms with Gasteiger partial charge in [0.2, 0.25) is 0 Å². The summed E-state index contributed by atoms with van der Waals surface area (Å²) in [5.74, 6) is 0.385. The fourth-order valence-corrected chi connectivity index (χ4v) is 2.63. The summed E-state index contributed by atoms with van der Waals surface area (Å²) in [5.41, 5.74) is 2.30. The van der Waals surface area contributed by atoms with E-state index in [4.69, 9.17) is 16.3 Å². The molecule has 0 heterocycles. The first-order valence-electron chi connectivity index (χ1n) is 6.48. The van der Waals surface area contributed by atoms with Crippen LogP contribution in [-0.2, 0) is 0 Å². The van der Waals surface area contributed by atoms with E-state index in [0.29, 0.717) is 16.3 Å². The lowest BCUT2D eigenvalue weighted by molar-refractivity contribution is 0.416. The van der Waals surface area contributed by atoms with Crippen LogP contribution in [0.15, 0.2) is 34.8 Å². The molecule has 2 aromatic carbocycles. The van der Waals surface area contributed by atoms with Gasteiger partial charge in [0.25, 0.3) is 0 Å². The second-order valence-electron chi connectivity index (χ2n) is 4.83. The summed E-state index contributed by atoms with van der Waals surface area (Å²) in [6, 6.07) is 8.33. The molecule has 0 bridgehead atoms. The molecule has 0 aliphatic heterocycles. The van der Waals surface area contributed by atoms with Gasteiger partial charge in [-0.3, -0.25) is 0 Å². The molecule has 0 fully saturated rings. The lowest BCUT2D eigenvalue weighted by Gasteiger charge is -2.19. The Balaban J connectivity index is 2.33. The number of halogens is 3. The predicted molar refractivity (Wildman–Crippen MR) is 88.9 cm³/mol. The van der Waals surface area contributed by atoms with Crippen molar-refractivity contribution in [3.63, 3.8) is 0 Å². The Labute approximate surface area is 137 Å². The highest BCUT2D eigenvalue weighted by atomic mass is 79.9. The summed E-state index contributed by atoms with van der Waals surface area (Å²) < 4.78 is 20.1. The largest absolute Gasteiger partial charge is 0.495 e. The summed E-state index contributed by atoms with van der Waals surface area (Å²) in [4.78, 5) is 0. The SMILES string of the molecule is COc1cc(Cl)c(C)cc1NC(C)c1cc(Br)ccc1F. The molecule has 1 atom stereocenters. The van der Waals surface area contributed by atoms with Gasteiger partial charge in [-0.1, -0.05) is 27.5 Å². The summed E-state index contributed by atoms with van der Waals surface area (Å²) in [7, 11) is 1.58. The molecule has 1 unspecified atom stereocenters. The molecule has 0 amide bonds. The highest BCUT2D eigenvalue weighted by Gasteiger charge is 2.14. The molecule has 1 N–H and O–H groups in total. The number of ether oxygens (including phenoxy) is 1. The summed E-state index contributed by atoms with van der Waals surface area (Å²) >= 11 is 9.45. The van der Waals surface area contributed by atoms with Crippen molar-refractivity contribution < 1.29 is 9.13 Å². The van der Waals surface area contributed by atoms with Gasteiger partial charge in [-0.2, -0.15) is 0 Å². The van der Waals surface area contributed by atoms with E-state index in [1.807, 2.05) is 19.9 Å². The molecule has 0 saturated carbocycles. The van der Waals surface area contributed by atoms with Gasteiger partial charge in [0, 0.05) is 21.1 Å². The fourth-order valence-electron chi connectivity index (χ4n) is 2.10. The Kier molecular flexibility index (Phi) is 5.12. The van der Waals surface area contributed by atoms with Crippen LogP contribution in [0.1, 0.15) is 24.1 Å². The first-order chi connectivity index (χ1) is 9.92. The van der Waals surface area contributed by atoms with Crippen LogP contribution >= 0.6 is 27.5 Å². The molecule has 2 rings (SSSR count). The first-order valence-corrected chi connectivity index (χ1v) is 7.65. The summed E-state index contributed by atoms with van der Waals surface area (Å²) in [5, 5.41) is 3.91. The molecule has 0 aromatic heterocycles. The van der Waals surface area contributed by atoms with Crippen molar-refractivity contribution in [2.75, 3.05) is 12.4 Å². The molecular weight excluding hydrogens is 357 g/mol. The molecule has 0 saturated heterocycles. The molecule has 21 heavy (non-hydrogen) atoms. The van der Waals surface area contributed by atoms with Gasteiger partial charge < -0.3 is 10.1 Å². The Bertz CT molecular complexity index is 663. The normalized spacial score (nSPS) is 12.1. The zero-order valence-corrected chi connectivity index (χ0v) is 14.3. The van der Waals surface area contributed by atoms with Gasteiger partial charge in [0.15, 0.2) is 0 Å². The van der Waals surface area contributed by atoms with Gasteiger partial charge in [-0.05, 0) is 43.7 Å². The number of aryl methyl sites for hydroxylation is 1. The highest BCUT2D eigenvalue weighted by molar-refractivity contribution is 9.10. The highest BCUT2D eigenvalue weighted by Crippen LogP contribution is 2.34. The van der Waals surface area contributed by atoms with Crippen LogP contribution in [0.25, 0.3) is 0 Å². The molecule has 2 aromatic rings. The fraction of sp³-hybridized carbons (Fsp3) is 0.250. The molecule has 0 spiro atoms. The van der Waals surface area contributed by atoms with Crippen LogP contribution < -0.4 is 10.1 Å². The minimum atomic E-state index is -0.247. The number of anilines is 1. The van der Waals surface area contributed by atoms with Crippen LogP contribution in [0, 0.1) is 12.7 Å². The van der Waals surface area contributed by atoms with Gasteiger partial charge in [-0.25, -0.2) is 4.39 Å². The zero-order valence-electron chi connectivity index (χ0n) is 12.0. The lowest BCUT2D eigenvalue weighted by Crippen LogP contribution is -2.10. The number of hydrogen-bond acceptors (Lipinski definition) is 2. The maximum atomic E-state index is 13.9. The standard InChI is InChI=1S/C16H16BrClFNO/c1-9-6-15(16(21-3)8-13(9)18)20-10(2)12-7-11(17)4-5-14(12)19/h4-8,10,20H,1-3H3. The van der Waals surface area contributed by atoms with Gasteiger partial charge in [-0.15, -0.1) is 0 Å². The van der Waals surface area contributed by atoms with E-state index in [2.05, 4.69) is 21.2 Å². The molecule has 0 aliphatic rings. The van der Waals surface area contributed by atoms with Crippen LogP contribution in [0.5, 0.6) is 5.75 Å². The average molecular weight is 373 g/mol. The van der Waals surface area contributed by atoms with Crippen LogP contribution in [-0.4, -0.2) is 7.11 Å². The molecule has 5 heteroatoms. The molecular formula is C16H16BrClFNO. The van der Waals surface area contributed by atoms with Crippen LogP contribution in [0.3, 0.4) is 0 Å². The number of nitrogens with one attached hydrogen (secondary N) is 1. The monoisotopic (exact) mass is 371 g/mol. The Hall–Kier alpha value is -1.26. The lowest BCUT2D eigenvalue weighted by atomic mass is 10.1. The third-order valence-electron chi connectivity index (χ3n) is 3.28. The minimum Gasteiger partial charge on any atom is -0.495 e. The quantitative estimate of drug-likeness (QED) is 0.740. The van der Waals surface area contributed by atoms with E-state index in [9.17, 15) is 4.39 Å². The van der Waals surface area contributed by atoms with Crippen molar-refractivity contribution in [2.24, 2.45) is 0 Å². The Morgan fingerprint density at radius 3 is 2.67 bits per heavy atom. The van der Waals surface area contributed by atoms with Gasteiger partial charge in [0.1, 0.15) is 11.6 Å². The number of rotatable bonds is 4. The van der Waals surface area contributed by atoms with E-state index in [1.165, 1.54) is 6.07 Å². The Morgan fingerprint density at radius 1 is 1.29 bits per heavy atom. The number of methoxy groups -OCH3 is 1. The van der Waals surface area contributed by atoms with E-state index < -0.39 is 0 Å². The first kappa shape index (κ1) is 16.1. The maximum Gasteiger partial charge on any atom is 0.143 e. The van der Waals surface area contributed by atoms with Crippen LogP contribution in [0.2, 0.25) is 5.02 Å². The van der Waals surface area contributed by atoms with Crippen molar-refractivity contribution >= 4 is 33.2 Å². The van der Waals surface area contributed by atoms with E-state index in [0.717, 1.165) is 15.7 Å². The van der Waals surface area contributed by atoms with Crippen molar-refractivity contribution in [2.45, 2.75) is 19.9 Å². The molecule has 2 nitrogen and oxygen atoms in total. The molecule has 0 aliphatic carbocycles. The van der Waals surface area contributed by atoms with E-state index >= 15 is 0 Å². The smallest absolute Gasteiger partial charge is 0.143 e. The third-order valence-corrected chi connectivity index (χ3v) is 4.18. The third kappa shape index (κ3) is 3.69. The van der Waals surface area contributed by atoms with Crippen molar-refractivity contribution in [3.8, 4) is 5.75 Å². The molecule has 112 valence electrons. The zero-order chi connectivity index (χ0) is 15.6. The average Bonchev–Trinajstić information content (AvgIpc) is 2.45. The second kappa shape index (κ2) is 6.67. The van der Waals surface area contributed by atoms with Gasteiger partial charge in [0.05, 0.1) is 18.8 Å². The van der Waals surface area contributed by atoms with Crippen molar-refractivity contribution in [1.29, 1.82) is 0 Å². The van der Waals surface area contributed by atoms with Gasteiger partial charge >= 0.3 is 0 Å². The maximum absolute atomic E-state index is 13.9. The Morgan fingerprint density at radius 2 is 2.00 bits per heavy atom. The van der Waals surface area contributed by atoms with Crippen molar-refractivity contribution in [3.05, 3.63) is 56.8 Å². The van der Waals surface area contributed by atoms with E-state index in [1.54, 1.807) is 25.3 Å².